The Morgan fingerprint density at radius 3 is 2.19 bits per heavy atom. The summed E-state index contributed by atoms with van der Waals surface area (Å²) in [7, 11) is 0. The Morgan fingerprint density at radius 1 is 1.10 bits per heavy atom. The number of hydrogen-bond acceptors (Lipinski definition) is 1. The summed E-state index contributed by atoms with van der Waals surface area (Å²) in [6, 6.07) is 10.1. The number of nitrogens with one attached hydrogen (secondary N) is 1. The molecule has 1 aromatic rings. The smallest absolute Gasteiger partial charge is 0.0294 e. The zero-order chi connectivity index (χ0) is 15.5. The molecule has 0 heterocycles. The van der Waals surface area contributed by atoms with Crippen LogP contribution < -0.4 is 5.32 Å². The van der Waals surface area contributed by atoms with Crippen LogP contribution in [0.4, 0.5) is 0 Å². The van der Waals surface area contributed by atoms with Gasteiger partial charge in [0.15, 0.2) is 0 Å². The van der Waals surface area contributed by atoms with Crippen LogP contribution >= 0.6 is 0 Å². The predicted octanol–water partition coefficient (Wildman–Crippen LogP) is 5.64. The van der Waals surface area contributed by atoms with Crippen LogP contribution in [0.3, 0.4) is 0 Å². The highest BCUT2D eigenvalue weighted by Crippen LogP contribution is 2.40. The van der Waals surface area contributed by atoms with Gasteiger partial charge in [0.25, 0.3) is 0 Å². The minimum Gasteiger partial charge on any atom is -0.307 e. The van der Waals surface area contributed by atoms with E-state index in [0.29, 0.717) is 17.5 Å². The van der Waals surface area contributed by atoms with Gasteiger partial charge in [0, 0.05) is 12.1 Å². The first-order valence-corrected chi connectivity index (χ1v) is 8.75. The van der Waals surface area contributed by atoms with Crippen molar-refractivity contribution < 1.29 is 0 Å². The summed E-state index contributed by atoms with van der Waals surface area (Å²) >= 11 is 0. The Balaban J connectivity index is 1.84. The second-order valence-electron chi connectivity index (χ2n) is 7.69. The lowest BCUT2D eigenvalue weighted by atomic mass is 9.69. The quantitative estimate of drug-likeness (QED) is 0.739. The third-order valence-corrected chi connectivity index (χ3v) is 5.81. The Labute approximate surface area is 131 Å². The van der Waals surface area contributed by atoms with Gasteiger partial charge in [-0.2, -0.15) is 0 Å². The van der Waals surface area contributed by atoms with E-state index in [2.05, 4.69) is 64.2 Å². The maximum atomic E-state index is 3.84. The van der Waals surface area contributed by atoms with Crippen LogP contribution in [0.25, 0.3) is 0 Å². The number of hydrogen-bond donors (Lipinski definition) is 1. The molecule has 0 aliphatic heterocycles. The van der Waals surface area contributed by atoms with Gasteiger partial charge in [0.05, 0.1) is 0 Å². The molecular formula is C20H33N. The van der Waals surface area contributed by atoms with Crippen molar-refractivity contribution in [2.45, 2.75) is 78.8 Å². The molecule has 1 heteroatoms. The van der Waals surface area contributed by atoms with E-state index in [4.69, 9.17) is 0 Å². The molecule has 118 valence electrons. The predicted molar refractivity (Wildman–Crippen MR) is 92.5 cm³/mol. The number of benzene rings is 1. The molecule has 1 aromatic carbocycles. The van der Waals surface area contributed by atoms with Gasteiger partial charge in [-0.15, -0.1) is 0 Å². The number of rotatable bonds is 5. The van der Waals surface area contributed by atoms with Crippen molar-refractivity contribution in [1.82, 2.24) is 5.32 Å². The molecule has 1 atom stereocenters. The van der Waals surface area contributed by atoms with E-state index in [-0.39, 0.29) is 0 Å². The normalized spacial score (nSPS) is 24.8. The fourth-order valence-electron chi connectivity index (χ4n) is 3.64. The van der Waals surface area contributed by atoms with E-state index in [0.717, 1.165) is 5.92 Å². The molecule has 1 fully saturated rings. The molecule has 1 N–H and O–H groups in total. The molecule has 0 saturated heterocycles. The van der Waals surface area contributed by atoms with Crippen molar-refractivity contribution in [3.05, 3.63) is 35.4 Å². The third-order valence-electron chi connectivity index (χ3n) is 5.81. The summed E-state index contributed by atoms with van der Waals surface area (Å²) in [5.41, 5.74) is 3.28. The monoisotopic (exact) mass is 287 g/mol. The minimum atomic E-state index is 0.464. The van der Waals surface area contributed by atoms with Gasteiger partial charge in [-0.25, -0.2) is 0 Å². The summed E-state index contributed by atoms with van der Waals surface area (Å²) in [4.78, 5) is 0. The van der Waals surface area contributed by atoms with Crippen LogP contribution in [0.2, 0.25) is 0 Å². The van der Waals surface area contributed by atoms with Crippen molar-refractivity contribution in [3.8, 4) is 0 Å². The minimum absolute atomic E-state index is 0.464. The second-order valence-corrected chi connectivity index (χ2v) is 7.69. The van der Waals surface area contributed by atoms with E-state index in [9.17, 15) is 0 Å². The van der Waals surface area contributed by atoms with Crippen molar-refractivity contribution in [2.75, 3.05) is 0 Å². The van der Waals surface area contributed by atoms with E-state index < -0.39 is 0 Å². The molecule has 1 aliphatic carbocycles. The van der Waals surface area contributed by atoms with Gasteiger partial charge in [-0.1, -0.05) is 57.0 Å². The maximum absolute atomic E-state index is 3.84. The van der Waals surface area contributed by atoms with E-state index in [1.807, 2.05) is 0 Å². The van der Waals surface area contributed by atoms with E-state index in [1.54, 1.807) is 0 Å². The molecule has 1 aliphatic rings. The second kappa shape index (κ2) is 6.96. The van der Waals surface area contributed by atoms with Crippen molar-refractivity contribution in [2.24, 2.45) is 11.3 Å². The zero-order valence-corrected chi connectivity index (χ0v) is 14.6. The van der Waals surface area contributed by atoms with Crippen LogP contribution in [0.1, 0.15) is 77.0 Å². The third kappa shape index (κ3) is 4.32. The average molecular weight is 287 g/mol. The number of aryl methyl sites for hydroxylation is 1. The van der Waals surface area contributed by atoms with Gasteiger partial charge in [0.2, 0.25) is 0 Å². The molecule has 1 nitrogen and oxygen atoms in total. The van der Waals surface area contributed by atoms with Gasteiger partial charge in [0.1, 0.15) is 0 Å². The lowest BCUT2D eigenvalue weighted by Gasteiger charge is -2.39. The Morgan fingerprint density at radius 2 is 1.67 bits per heavy atom. The molecule has 0 radical (unpaired) electrons. The van der Waals surface area contributed by atoms with Crippen molar-refractivity contribution in [1.29, 1.82) is 0 Å². The summed E-state index contributed by atoms with van der Waals surface area (Å²) in [5.74, 6) is 0.912. The Hall–Kier alpha value is -0.820. The molecule has 0 spiro atoms. The molecule has 0 bridgehead atoms. The summed E-state index contributed by atoms with van der Waals surface area (Å²) < 4.78 is 0. The topological polar surface area (TPSA) is 12.0 Å². The SMILES string of the molecule is CCC(C)(C)C1CCC(NC(C)c2ccc(C)cc2)CC1. The molecule has 0 aromatic heterocycles. The molecule has 0 amide bonds. The highest BCUT2D eigenvalue weighted by atomic mass is 14.9. The van der Waals surface area contributed by atoms with E-state index in [1.165, 1.54) is 43.2 Å². The van der Waals surface area contributed by atoms with Gasteiger partial charge >= 0.3 is 0 Å². The van der Waals surface area contributed by atoms with Crippen LogP contribution in [-0.2, 0) is 0 Å². The average Bonchev–Trinajstić information content (AvgIpc) is 2.48. The Kier molecular flexibility index (Phi) is 5.48. The zero-order valence-electron chi connectivity index (χ0n) is 14.6. The van der Waals surface area contributed by atoms with Gasteiger partial charge in [-0.05, 0) is 56.4 Å². The highest BCUT2D eigenvalue weighted by Gasteiger charge is 2.31. The molecule has 1 unspecified atom stereocenters. The molecular weight excluding hydrogens is 254 g/mol. The maximum Gasteiger partial charge on any atom is 0.0294 e. The Bertz CT molecular complexity index is 424. The van der Waals surface area contributed by atoms with E-state index >= 15 is 0 Å². The van der Waals surface area contributed by atoms with Crippen LogP contribution in [0, 0.1) is 18.3 Å². The fraction of sp³-hybridized carbons (Fsp3) is 0.700. The lowest BCUT2D eigenvalue weighted by molar-refractivity contribution is 0.134. The first-order chi connectivity index (χ1) is 9.92. The van der Waals surface area contributed by atoms with Gasteiger partial charge in [-0.3, -0.25) is 0 Å². The summed E-state index contributed by atoms with van der Waals surface area (Å²) in [5, 5.41) is 3.84. The van der Waals surface area contributed by atoms with Crippen LogP contribution in [0.15, 0.2) is 24.3 Å². The first kappa shape index (κ1) is 16.5. The molecule has 2 rings (SSSR count). The van der Waals surface area contributed by atoms with Crippen LogP contribution in [0.5, 0.6) is 0 Å². The molecule has 1 saturated carbocycles. The summed E-state index contributed by atoms with van der Waals surface area (Å²) in [6.07, 6.45) is 6.75. The first-order valence-electron chi connectivity index (χ1n) is 8.75. The molecule has 21 heavy (non-hydrogen) atoms. The van der Waals surface area contributed by atoms with Gasteiger partial charge < -0.3 is 5.32 Å². The largest absolute Gasteiger partial charge is 0.307 e. The fourth-order valence-corrected chi connectivity index (χ4v) is 3.64. The standard InChI is InChI=1S/C20H33N/c1-6-20(4,5)18-11-13-19(14-12-18)21-16(3)17-9-7-15(2)8-10-17/h7-10,16,18-19,21H,6,11-14H2,1-5H3. The van der Waals surface area contributed by atoms with Crippen molar-refractivity contribution in [3.63, 3.8) is 0 Å². The van der Waals surface area contributed by atoms with Crippen molar-refractivity contribution >= 4 is 0 Å². The highest BCUT2D eigenvalue weighted by molar-refractivity contribution is 5.23. The van der Waals surface area contributed by atoms with Crippen LogP contribution in [-0.4, -0.2) is 6.04 Å². The summed E-state index contributed by atoms with van der Waals surface area (Å²) in [6.45, 7) is 11.7. The lowest BCUT2D eigenvalue weighted by Crippen LogP contribution is -2.38.